The quantitative estimate of drug-likeness (QED) is 0.143. The average molecular weight is 598 g/mol. The van der Waals surface area contributed by atoms with Crippen LogP contribution in [0, 0.1) is 0 Å². The Morgan fingerprint density at radius 1 is 0.878 bits per heavy atom. The molecule has 1 aliphatic heterocycles. The summed E-state index contributed by atoms with van der Waals surface area (Å²) in [5, 5.41) is 1.15. The Balaban J connectivity index is 1.31. The summed E-state index contributed by atoms with van der Waals surface area (Å²) in [7, 11) is 0. The summed E-state index contributed by atoms with van der Waals surface area (Å²) in [6.07, 6.45) is 7.06. The minimum atomic E-state index is 0.153. The predicted octanol–water partition coefficient (Wildman–Crippen LogP) is 9.14. The lowest BCUT2D eigenvalue weighted by molar-refractivity contribution is 0.0988. The largest absolute Gasteiger partial charge is 0.317 e. The van der Waals surface area contributed by atoms with Crippen molar-refractivity contribution in [3.8, 4) is 28.1 Å². The number of carbonyl (C=O) groups excluding carboxylic acids is 1. The fourth-order valence-corrected chi connectivity index (χ4v) is 5.85. The molecule has 0 amide bonds. The summed E-state index contributed by atoms with van der Waals surface area (Å²) in [6.45, 7) is 1.88. The lowest BCUT2D eigenvalue weighted by atomic mass is 10.00. The fraction of sp³-hybridized carbons (Fsp3) is 0.0909. The third kappa shape index (κ3) is 5.91. The van der Waals surface area contributed by atoms with Crippen molar-refractivity contribution in [1.29, 1.82) is 0 Å². The molecular weight excluding hydrogens is 571 g/mol. The van der Waals surface area contributed by atoms with Gasteiger partial charge in [-0.15, -0.1) is 0 Å². The molecule has 0 radical (unpaired) electrons. The number of ketones is 1. The van der Waals surface area contributed by atoms with Crippen LogP contribution in [0.3, 0.4) is 0 Å². The van der Waals surface area contributed by atoms with Gasteiger partial charge in [-0.05, 0) is 59.2 Å². The number of carbonyl (C=O) groups is 1. The number of imidazole rings is 1. The van der Waals surface area contributed by atoms with Gasteiger partial charge in [0.25, 0.3) is 0 Å². The summed E-state index contributed by atoms with van der Waals surface area (Å²) in [6, 6.07) is 30.1. The molecule has 41 heavy (non-hydrogen) atoms. The van der Waals surface area contributed by atoms with E-state index < -0.39 is 0 Å². The maximum atomic E-state index is 12.0. The number of anilines is 1. The number of hydrogen-bond acceptors (Lipinski definition) is 5. The van der Waals surface area contributed by atoms with Crippen LogP contribution in [0.4, 0.5) is 5.69 Å². The number of rotatable bonds is 8. The zero-order valence-electron chi connectivity index (χ0n) is 22.2. The zero-order chi connectivity index (χ0) is 28.3. The second-order valence-electron chi connectivity index (χ2n) is 9.63. The van der Waals surface area contributed by atoms with Crippen LogP contribution in [-0.4, -0.2) is 15.3 Å². The van der Waals surface area contributed by atoms with Crippen LogP contribution in [0.25, 0.3) is 28.1 Å². The summed E-state index contributed by atoms with van der Waals surface area (Å²) >= 11 is 14.2. The van der Waals surface area contributed by atoms with Gasteiger partial charge in [0, 0.05) is 53.3 Å². The molecule has 1 N–H and O–H groups in total. The van der Waals surface area contributed by atoms with Crippen molar-refractivity contribution in [2.75, 3.05) is 4.31 Å². The van der Waals surface area contributed by atoms with E-state index in [0.717, 1.165) is 50.7 Å². The monoisotopic (exact) mass is 596 g/mol. The van der Waals surface area contributed by atoms with Gasteiger partial charge in [0.1, 0.15) is 5.82 Å². The topological polar surface area (TPSA) is 50.2 Å². The normalized spacial score (nSPS) is 12.5. The van der Waals surface area contributed by atoms with Crippen molar-refractivity contribution in [1.82, 2.24) is 14.3 Å². The lowest BCUT2D eigenvalue weighted by Crippen LogP contribution is -2.05. The van der Waals surface area contributed by atoms with Gasteiger partial charge >= 0.3 is 0 Å². The van der Waals surface area contributed by atoms with Crippen LogP contribution < -0.4 is 9.03 Å². The third-order valence-electron chi connectivity index (χ3n) is 6.97. The summed E-state index contributed by atoms with van der Waals surface area (Å²) in [5.74, 6) is 1.05. The molecule has 0 spiro atoms. The zero-order valence-corrected chi connectivity index (χ0v) is 24.5. The third-order valence-corrected chi connectivity index (χ3v) is 8.29. The second kappa shape index (κ2) is 11.9. The molecule has 1 aliphatic rings. The van der Waals surface area contributed by atoms with Crippen LogP contribution in [0.15, 0.2) is 110 Å². The first-order valence-electron chi connectivity index (χ1n) is 13.2. The van der Waals surface area contributed by atoms with E-state index in [9.17, 15) is 4.79 Å². The molecule has 0 aliphatic carbocycles. The van der Waals surface area contributed by atoms with Crippen LogP contribution in [-0.2, 0) is 6.42 Å². The molecule has 0 unspecified atom stereocenters. The highest BCUT2D eigenvalue weighted by molar-refractivity contribution is 7.99. The van der Waals surface area contributed by atoms with E-state index in [0.29, 0.717) is 22.9 Å². The summed E-state index contributed by atoms with van der Waals surface area (Å²) in [4.78, 5) is 17.0. The molecule has 5 aromatic rings. The Morgan fingerprint density at radius 3 is 2.20 bits per heavy atom. The minimum absolute atomic E-state index is 0.153. The summed E-state index contributed by atoms with van der Waals surface area (Å²) in [5.41, 5.74) is 7.75. The van der Waals surface area contributed by atoms with Gasteiger partial charge in [0.2, 0.25) is 0 Å². The molecule has 0 atom stereocenters. The van der Waals surface area contributed by atoms with Gasteiger partial charge in [0.05, 0.1) is 28.5 Å². The van der Waals surface area contributed by atoms with Crippen LogP contribution >= 0.6 is 35.3 Å². The van der Waals surface area contributed by atoms with Crippen molar-refractivity contribution in [3.63, 3.8) is 0 Å². The van der Waals surface area contributed by atoms with E-state index in [-0.39, 0.29) is 5.78 Å². The van der Waals surface area contributed by atoms with Crippen LogP contribution in [0.5, 0.6) is 0 Å². The molecule has 0 bridgehead atoms. The number of hydrogen-bond donors (Lipinski definition) is 1. The summed E-state index contributed by atoms with van der Waals surface area (Å²) < 4.78 is 7.30. The van der Waals surface area contributed by atoms with Gasteiger partial charge in [-0.25, -0.2) is 4.98 Å². The van der Waals surface area contributed by atoms with Gasteiger partial charge in [-0.2, -0.15) is 0 Å². The Kier molecular flexibility index (Phi) is 7.88. The first-order chi connectivity index (χ1) is 20.0. The van der Waals surface area contributed by atoms with Crippen molar-refractivity contribution < 1.29 is 4.79 Å². The van der Waals surface area contributed by atoms with Crippen LogP contribution in [0.1, 0.15) is 35.1 Å². The number of nitrogens with one attached hydrogen (secondary N) is 1. The van der Waals surface area contributed by atoms with Gasteiger partial charge in [0.15, 0.2) is 5.78 Å². The van der Waals surface area contributed by atoms with E-state index >= 15 is 0 Å². The number of aromatic nitrogens is 2. The van der Waals surface area contributed by atoms with E-state index in [2.05, 4.69) is 62.1 Å². The maximum absolute atomic E-state index is 12.0. The predicted molar refractivity (Wildman–Crippen MR) is 171 cm³/mol. The molecule has 1 aromatic heterocycles. The van der Waals surface area contributed by atoms with Crippen molar-refractivity contribution in [2.45, 2.75) is 19.8 Å². The Labute approximate surface area is 253 Å². The molecule has 5 nitrogen and oxygen atoms in total. The maximum Gasteiger partial charge on any atom is 0.162 e. The molecule has 0 saturated heterocycles. The van der Waals surface area contributed by atoms with E-state index in [1.165, 1.54) is 12.1 Å². The first-order valence-corrected chi connectivity index (χ1v) is 14.8. The van der Waals surface area contributed by atoms with Crippen molar-refractivity contribution in [2.24, 2.45) is 0 Å². The molecule has 2 heterocycles. The molecule has 6 rings (SSSR count). The van der Waals surface area contributed by atoms with Gasteiger partial charge in [-0.1, -0.05) is 78.7 Å². The first kappa shape index (κ1) is 27.2. The Hall–Kier alpha value is -3.97. The average Bonchev–Trinajstić information content (AvgIpc) is 3.68. The number of halogens is 2. The molecule has 4 aromatic carbocycles. The molecule has 0 saturated carbocycles. The fourth-order valence-electron chi connectivity index (χ4n) is 4.76. The molecule has 8 heteroatoms. The molecule has 0 fully saturated rings. The lowest BCUT2D eigenvalue weighted by Gasteiger charge is -2.14. The number of nitrogens with zero attached hydrogens (tertiary/aromatic N) is 3. The second-order valence-corrected chi connectivity index (χ2v) is 11.3. The Morgan fingerprint density at radius 2 is 1.56 bits per heavy atom. The minimum Gasteiger partial charge on any atom is -0.317 e. The van der Waals surface area contributed by atoms with Crippen molar-refractivity contribution >= 4 is 46.8 Å². The molecular formula is C33H26Cl2N4OS. The number of Topliss-reactive ketones (excluding diaryl/α,β-unsaturated/α-hetero) is 1. The van der Waals surface area contributed by atoms with E-state index in [4.69, 9.17) is 28.2 Å². The van der Waals surface area contributed by atoms with Crippen LogP contribution in [0.2, 0.25) is 10.0 Å². The van der Waals surface area contributed by atoms with E-state index in [1.807, 2.05) is 61.9 Å². The number of benzene rings is 4. The highest BCUT2D eigenvalue weighted by atomic mass is 35.5. The van der Waals surface area contributed by atoms with Gasteiger partial charge < -0.3 is 9.29 Å². The highest BCUT2D eigenvalue weighted by Gasteiger charge is 2.16. The smallest absolute Gasteiger partial charge is 0.162 e. The highest BCUT2D eigenvalue weighted by Crippen LogP contribution is 2.32. The SMILES string of the molecule is CCC(=O)c1ccc(-c2ccc(Cc3nc(-c4ccc(Cl)cc4Cl)cn3-c3ccc(N4C=CNS4)cc3)cc2)cc1. The van der Waals surface area contributed by atoms with E-state index in [1.54, 1.807) is 6.07 Å². The molecule has 204 valence electrons. The van der Waals surface area contributed by atoms with Gasteiger partial charge in [-0.3, -0.25) is 9.10 Å². The Bertz CT molecular complexity index is 1730. The standard InChI is InChI=1S/C33H26Cl2N4OS/c1-2-32(40)25-9-7-24(8-10-25)23-5-3-22(4-6-23)19-33-37-31(29-16-11-26(34)20-30(29)35)21-38(33)27-12-14-28(15-13-27)39-18-17-36-41-39/h3-18,20-21,36H,2,19H2,1H3. The van der Waals surface area contributed by atoms with Crippen molar-refractivity contribution in [3.05, 3.63) is 137 Å².